The fourth-order valence-corrected chi connectivity index (χ4v) is 5.49. The number of ether oxygens (including phenoxy) is 2. The molecular formula is C41H69O10P. The van der Waals surface area contributed by atoms with Gasteiger partial charge in [0, 0.05) is 12.8 Å². The summed E-state index contributed by atoms with van der Waals surface area (Å²) < 4.78 is 32.5. The topological polar surface area (TPSA) is 149 Å². The van der Waals surface area contributed by atoms with Crippen LogP contribution in [0.3, 0.4) is 0 Å². The molecule has 0 heterocycles. The average Bonchev–Trinajstić information content (AvgIpc) is 3.13. The molecule has 0 saturated carbocycles. The van der Waals surface area contributed by atoms with Gasteiger partial charge in [-0.2, -0.15) is 0 Å². The Morgan fingerprint density at radius 3 is 1.62 bits per heavy atom. The predicted molar refractivity (Wildman–Crippen MR) is 210 cm³/mol. The van der Waals surface area contributed by atoms with Crippen LogP contribution in [0.15, 0.2) is 72.9 Å². The lowest BCUT2D eigenvalue weighted by molar-refractivity contribution is -0.161. The molecule has 298 valence electrons. The Hall–Kier alpha value is -2.59. The van der Waals surface area contributed by atoms with Gasteiger partial charge >= 0.3 is 19.8 Å². The lowest BCUT2D eigenvalue weighted by Crippen LogP contribution is -2.29. The molecule has 0 amide bonds. The zero-order chi connectivity index (χ0) is 38.4. The van der Waals surface area contributed by atoms with E-state index in [1.54, 1.807) is 0 Å². The summed E-state index contributed by atoms with van der Waals surface area (Å²) in [5.74, 6) is -1.01. The molecule has 3 N–H and O–H groups in total. The second-order valence-corrected chi connectivity index (χ2v) is 14.1. The second kappa shape index (κ2) is 36.8. The van der Waals surface area contributed by atoms with E-state index < -0.39 is 51.8 Å². The summed E-state index contributed by atoms with van der Waals surface area (Å²) >= 11 is 0. The third kappa shape index (κ3) is 35.8. The van der Waals surface area contributed by atoms with Crippen LogP contribution < -0.4 is 0 Å². The number of rotatable bonds is 35. The molecule has 0 fully saturated rings. The monoisotopic (exact) mass is 752 g/mol. The minimum atomic E-state index is -4.63. The van der Waals surface area contributed by atoms with Gasteiger partial charge in [-0.3, -0.25) is 18.6 Å². The van der Waals surface area contributed by atoms with Crippen LogP contribution in [-0.4, -0.2) is 65.7 Å². The summed E-state index contributed by atoms with van der Waals surface area (Å²) in [6.45, 7) is 2.12. The number of phosphoric acid groups is 1. The highest BCUT2D eigenvalue weighted by atomic mass is 31.2. The number of unbranched alkanes of at least 4 members (excludes halogenated alkanes) is 13. The zero-order valence-corrected chi connectivity index (χ0v) is 32.9. The first kappa shape index (κ1) is 49.4. The van der Waals surface area contributed by atoms with Crippen molar-refractivity contribution in [2.24, 2.45) is 0 Å². The molecule has 3 atom stereocenters. The second-order valence-electron chi connectivity index (χ2n) is 12.7. The van der Waals surface area contributed by atoms with Crippen LogP contribution in [0.25, 0.3) is 0 Å². The number of carbonyl (C=O) groups excluding carboxylic acids is 2. The van der Waals surface area contributed by atoms with Crippen molar-refractivity contribution in [2.45, 2.75) is 148 Å². The quantitative estimate of drug-likeness (QED) is 0.0247. The van der Waals surface area contributed by atoms with Crippen molar-refractivity contribution in [1.29, 1.82) is 0 Å². The summed E-state index contributed by atoms with van der Waals surface area (Å²) in [4.78, 5) is 34.8. The minimum absolute atomic E-state index is 0.129. The van der Waals surface area contributed by atoms with Crippen molar-refractivity contribution in [3.05, 3.63) is 72.9 Å². The van der Waals surface area contributed by atoms with Crippen molar-refractivity contribution < 1.29 is 47.8 Å². The van der Waals surface area contributed by atoms with E-state index in [1.165, 1.54) is 44.9 Å². The van der Waals surface area contributed by atoms with Gasteiger partial charge in [-0.15, -0.1) is 0 Å². The van der Waals surface area contributed by atoms with E-state index in [1.807, 2.05) is 36.5 Å². The summed E-state index contributed by atoms with van der Waals surface area (Å²) in [6, 6.07) is 0. The molecule has 0 bridgehead atoms. The predicted octanol–water partition coefficient (Wildman–Crippen LogP) is 9.72. The number of hydrogen-bond acceptors (Lipinski definition) is 9. The van der Waals surface area contributed by atoms with E-state index >= 15 is 0 Å². The summed E-state index contributed by atoms with van der Waals surface area (Å²) in [7, 11) is -4.63. The first-order chi connectivity index (χ1) is 25.2. The standard InChI is InChI=1S/C41H69O10P/c1-3-5-7-9-11-13-15-17-18-19-21-22-24-26-28-30-32-40(44)48-36-39(37-50-52(46,47)49-35-38(43)34-42)51-41(45)33-31-29-27-25-23-20-16-14-12-10-8-6-4-2/h6,8,10,12,14,16,18-23,38-39,42-43H,3-5,7,9,11,13,15,17,24-37H2,1-2H3,(H,46,47)/b8-6+,12-10+,16-14+,19-18+,22-21+,23-20+/t38-,39?/m0/s1. The fraction of sp³-hybridized carbons (Fsp3) is 0.659. The molecule has 0 aromatic rings. The molecule has 0 radical (unpaired) electrons. The maximum absolute atomic E-state index is 12.5. The molecule has 10 nitrogen and oxygen atoms in total. The first-order valence-corrected chi connectivity index (χ1v) is 21.0. The van der Waals surface area contributed by atoms with Crippen LogP contribution in [-0.2, 0) is 32.7 Å². The number of aliphatic hydroxyl groups excluding tert-OH is 2. The van der Waals surface area contributed by atoms with E-state index in [0.29, 0.717) is 12.8 Å². The van der Waals surface area contributed by atoms with Gasteiger partial charge in [-0.1, -0.05) is 138 Å². The maximum atomic E-state index is 12.5. The van der Waals surface area contributed by atoms with E-state index in [9.17, 15) is 24.2 Å². The number of phosphoric ester groups is 1. The molecule has 0 aliphatic carbocycles. The van der Waals surface area contributed by atoms with Gasteiger partial charge in [0.2, 0.25) is 0 Å². The average molecular weight is 753 g/mol. The molecule has 0 aliphatic heterocycles. The highest BCUT2D eigenvalue weighted by molar-refractivity contribution is 7.47. The van der Waals surface area contributed by atoms with Gasteiger partial charge in [-0.25, -0.2) is 4.57 Å². The van der Waals surface area contributed by atoms with Crippen LogP contribution in [0.1, 0.15) is 136 Å². The lowest BCUT2D eigenvalue weighted by Gasteiger charge is -2.20. The minimum Gasteiger partial charge on any atom is -0.462 e. The number of allylic oxidation sites excluding steroid dienone is 12. The van der Waals surface area contributed by atoms with Gasteiger partial charge in [0.1, 0.15) is 12.7 Å². The Bertz CT molecular complexity index is 1100. The molecule has 0 aromatic heterocycles. The zero-order valence-electron chi connectivity index (χ0n) is 32.0. The highest BCUT2D eigenvalue weighted by Crippen LogP contribution is 2.43. The number of hydrogen-bond donors (Lipinski definition) is 3. The van der Waals surface area contributed by atoms with Gasteiger partial charge in [-0.05, 0) is 57.8 Å². The van der Waals surface area contributed by atoms with Crippen molar-refractivity contribution in [1.82, 2.24) is 0 Å². The van der Waals surface area contributed by atoms with E-state index in [2.05, 4.69) is 54.8 Å². The lowest BCUT2D eigenvalue weighted by atomic mass is 10.1. The Morgan fingerprint density at radius 2 is 1.06 bits per heavy atom. The molecule has 0 aliphatic rings. The summed E-state index contributed by atoms with van der Waals surface area (Å²) in [5, 5.41) is 18.3. The van der Waals surface area contributed by atoms with Crippen LogP contribution in [0.5, 0.6) is 0 Å². The molecule has 0 saturated heterocycles. The van der Waals surface area contributed by atoms with Gasteiger partial charge in [0.05, 0.1) is 19.8 Å². The smallest absolute Gasteiger partial charge is 0.462 e. The Morgan fingerprint density at radius 1 is 0.596 bits per heavy atom. The molecule has 0 spiro atoms. The van der Waals surface area contributed by atoms with Crippen LogP contribution in [0.4, 0.5) is 0 Å². The summed E-state index contributed by atoms with van der Waals surface area (Å²) in [6.07, 6.45) is 40.2. The number of aliphatic hydroxyl groups is 2. The molecule has 52 heavy (non-hydrogen) atoms. The molecule has 2 unspecified atom stereocenters. The van der Waals surface area contributed by atoms with E-state index in [0.717, 1.165) is 51.4 Å². The molecule has 0 aromatic carbocycles. The highest BCUT2D eigenvalue weighted by Gasteiger charge is 2.27. The molecule has 0 rings (SSSR count). The van der Waals surface area contributed by atoms with Crippen molar-refractivity contribution >= 4 is 19.8 Å². The van der Waals surface area contributed by atoms with Crippen LogP contribution in [0.2, 0.25) is 0 Å². The van der Waals surface area contributed by atoms with Gasteiger partial charge in [0.25, 0.3) is 0 Å². The summed E-state index contributed by atoms with van der Waals surface area (Å²) in [5.41, 5.74) is 0. The van der Waals surface area contributed by atoms with Crippen molar-refractivity contribution in [3.8, 4) is 0 Å². The Balaban J connectivity index is 4.48. The Kier molecular flexibility index (Phi) is 34.9. The number of carbonyl (C=O) groups is 2. The van der Waals surface area contributed by atoms with Crippen LogP contribution >= 0.6 is 7.82 Å². The van der Waals surface area contributed by atoms with Crippen LogP contribution in [0, 0.1) is 0 Å². The normalized spacial score (nSPS) is 14.8. The van der Waals surface area contributed by atoms with E-state index in [4.69, 9.17) is 19.1 Å². The number of esters is 2. The van der Waals surface area contributed by atoms with E-state index in [-0.39, 0.29) is 19.4 Å². The Labute approximate surface area is 314 Å². The third-order valence-corrected chi connectivity index (χ3v) is 8.67. The largest absolute Gasteiger partial charge is 0.472 e. The first-order valence-electron chi connectivity index (χ1n) is 19.5. The van der Waals surface area contributed by atoms with Gasteiger partial charge < -0.3 is 24.6 Å². The van der Waals surface area contributed by atoms with Crippen molar-refractivity contribution in [3.63, 3.8) is 0 Å². The van der Waals surface area contributed by atoms with Crippen molar-refractivity contribution in [2.75, 3.05) is 26.4 Å². The maximum Gasteiger partial charge on any atom is 0.472 e. The van der Waals surface area contributed by atoms with Gasteiger partial charge in [0.15, 0.2) is 6.10 Å². The molecule has 11 heteroatoms. The fourth-order valence-electron chi connectivity index (χ4n) is 4.70. The molecular weight excluding hydrogens is 683 g/mol. The SMILES string of the molecule is CC/C=C/C=C/C=C/C=C/CCCCCC(=O)OC(COC(=O)CCCCC/C=C/C=C/CCCCCCCCC)COP(=O)(O)OC[C@@H](O)CO. The third-order valence-electron chi connectivity index (χ3n) is 7.72.